The second-order valence-electron chi connectivity index (χ2n) is 5.41. The van der Waals surface area contributed by atoms with E-state index in [9.17, 15) is 4.79 Å². The van der Waals surface area contributed by atoms with Gasteiger partial charge in [-0.25, -0.2) is 14.8 Å². The number of anilines is 1. The average molecular weight is 301 g/mol. The fraction of sp³-hybridized carbons (Fsp3) is 0.471. The number of unbranched alkanes of at least 4 members (excludes halogenated alkanes) is 5. The lowest BCUT2D eigenvalue weighted by Gasteiger charge is -2.09. The number of carbonyl (C=O) groups is 1. The van der Waals surface area contributed by atoms with Gasteiger partial charge in [0.15, 0.2) is 0 Å². The van der Waals surface area contributed by atoms with Gasteiger partial charge in [-0.05, 0) is 18.6 Å². The molecule has 0 aliphatic carbocycles. The molecule has 22 heavy (non-hydrogen) atoms. The number of aromatic carboxylic acids is 1. The van der Waals surface area contributed by atoms with Crippen molar-refractivity contribution in [3.05, 3.63) is 30.1 Å². The van der Waals surface area contributed by atoms with Crippen molar-refractivity contribution in [2.45, 2.75) is 45.4 Å². The Morgan fingerprint density at radius 3 is 2.59 bits per heavy atom. The largest absolute Gasteiger partial charge is 0.475 e. The van der Waals surface area contributed by atoms with Crippen molar-refractivity contribution < 1.29 is 9.90 Å². The monoisotopic (exact) mass is 301 g/mol. The normalized spacial score (nSPS) is 10.8. The van der Waals surface area contributed by atoms with Gasteiger partial charge in [0.05, 0.1) is 5.52 Å². The topological polar surface area (TPSA) is 75.1 Å². The molecular weight excluding hydrogens is 278 g/mol. The van der Waals surface area contributed by atoms with E-state index in [1.165, 1.54) is 32.1 Å². The average Bonchev–Trinajstić information content (AvgIpc) is 2.53. The third kappa shape index (κ3) is 4.41. The molecule has 0 saturated heterocycles. The summed E-state index contributed by atoms with van der Waals surface area (Å²) in [6, 6.07) is 7.46. The minimum absolute atomic E-state index is 0.163. The van der Waals surface area contributed by atoms with Crippen LogP contribution < -0.4 is 5.32 Å². The van der Waals surface area contributed by atoms with Crippen LogP contribution in [-0.4, -0.2) is 27.6 Å². The maximum Gasteiger partial charge on any atom is 0.374 e. The van der Waals surface area contributed by atoms with E-state index < -0.39 is 5.97 Å². The van der Waals surface area contributed by atoms with E-state index in [1.54, 1.807) is 6.07 Å². The Balaban J connectivity index is 1.99. The van der Waals surface area contributed by atoms with Gasteiger partial charge in [-0.3, -0.25) is 0 Å². The maximum atomic E-state index is 11.1. The van der Waals surface area contributed by atoms with Crippen LogP contribution in [0.1, 0.15) is 56.1 Å². The number of nitrogens with one attached hydrogen (secondary N) is 1. The van der Waals surface area contributed by atoms with Crippen LogP contribution in [0.15, 0.2) is 24.3 Å². The Morgan fingerprint density at radius 2 is 1.82 bits per heavy atom. The number of hydrogen-bond acceptors (Lipinski definition) is 4. The lowest BCUT2D eigenvalue weighted by Crippen LogP contribution is -2.10. The van der Waals surface area contributed by atoms with Gasteiger partial charge in [0.25, 0.3) is 0 Å². The predicted octanol–water partition coefficient (Wildman–Crippen LogP) is 4.10. The smallest absolute Gasteiger partial charge is 0.374 e. The minimum Gasteiger partial charge on any atom is -0.475 e. The molecule has 5 heteroatoms. The van der Waals surface area contributed by atoms with E-state index in [-0.39, 0.29) is 5.82 Å². The molecule has 0 radical (unpaired) electrons. The molecule has 0 spiro atoms. The van der Waals surface area contributed by atoms with E-state index >= 15 is 0 Å². The standard InChI is InChI=1S/C17H23N3O2/c1-2-3-4-5-6-9-12-18-15-13-10-7-8-11-14(13)19-16(20-15)17(21)22/h7-8,10-11H,2-6,9,12H2,1H3,(H,21,22)(H,18,19,20). The van der Waals surface area contributed by atoms with Gasteiger partial charge in [0.1, 0.15) is 5.82 Å². The number of carboxylic acid groups (broad SMARTS) is 1. The van der Waals surface area contributed by atoms with Crippen molar-refractivity contribution in [1.82, 2.24) is 9.97 Å². The van der Waals surface area contributed by atoms with E-state index in [1.807, 2.05) is 18.2 Å². The molecule has 0 atom stereocenters. The highest BCUT2D eigenvalue weighted by atomic mass is 16.4. The van der Waals surface area contributed by atoms with Crippen LogP contribution in [0, 0.1) is 0 Å². The van der Waals surface area contributed by atoms with Crippen molar-refractivity contribution in [3.63, 3.8) is 0 Å². The van der Waals surface area contributed by atoms with E-state index in [4.69, 9.17) is 5.11 Å². The van der Waals surface area contributed by atoms with Crippen molar-refractivity contribution in [3.8, 4) is 0 Å². The molecule has 2 aromatic rings. The van der Waals surface area contributed by atoms with E-state index in [0.29, 0.717) is 11.3 Å². The van der Waals surface area contributed by atoms with Crippen LogP contribution in [0.5, 0.6) is 0 Å². The van der Waals surface area contributed by atoms with Gasteiger partial charge < -0.3 is 10.4 Å². The molecule has 5 nitrogen and oxygen atoms in total. The number of hydrogen-bond donors (Lipinski definition) is 2. The zero-order valence-corrected chi connectivity index (χ0v) is 13.0. The Labute approximate surface area is 130 Å². The molecule has 2 rings (SSSR count). The maximum absolute atomic E-state index is 11.1. The first kappa shape index (κ1) is 16.2. The van der Waals surface area contributed by atoms with E-state index in [2.05, 4.69) is 22.2 Å². The van der Waals surface area contributed by atoms with Crippen molar-refractivity contribution in [2.24, 2.45) is 0 Å². The predicted molar refractivity (Wildman–Crippen MR) is 88.4 cm³/mol. The summed E-state index contributed by atoms with van der Waals surface area (Å²) in [7, 11) is 0. The zero-order valence-electron chi connectivity index (χ0n) is 13.0. The molecule has 1 heterocycles. The summed E-state index contributed by atoms with van der Waals surface area (Å²) in [5.74, 6) is -0.658. The number of rotatable bonds is 9. The molecule has 0 bridgehead atoms. The summed E-state index contributed by atoms with van der Waals surface area (Å²) in [6.45, 7) is 3.01. The van der Waals surface area contributed by atoms with Crippen LogP contribution in [0.25, 0.3) is 10.9 Å². The molecular formula is C17H23N3O2. The molecule has 0 aliphatic heterocycles. The molecule has 0 aliphatic rings. The van der Waals surface area contributed by atoms with Gasteiger partial charge in [0, 0.05) is 11.9 Å². The number of para-hydroxylation sites is 1. The van der Waals surface area contributed by atoms with Crippen LogP contribution in [-0.2, 0) is 0 Å². The quantitative estimate of drug-likeness (QED) is 0.682. The molecule has 0 unspecified atom stereocenters. The van der Waals surface area contributed by atoms with Gasteiger partial charge in [-0.2, -0.15) is 0 Å². The fourth-order valence-electron chi connectivity index (χ4n) is 2.42. The van der Waals surface area contributed by atoms with Crippen molar-refractivity contribution in [2.75, 3.05) is 11.9 Å². The molecule has 118 valence electrons. The van der Waals surface area contributed by atoms with Gasteiger partial charge in [-0.15, -0.1) is 0 Å². The number of nitrogens with zero attached hydrogens (tertiary/aromatic N) is 2. The zero-order chi connectivity index (χ0) is 15.8. The third-order valence-corrected chi connectivity index (χ3v) is 3.62. The highest BCUT2D eigenvalue weighted by molar-refractivity contribution is 5.93. The second kappa shape index (κ2) is 8.32. The van der Waals surface area contributed by atoms with Gasteiger partial charge in [0.2, 0.25) is 5.82 Å². The summed E-state index contributed by atoms with van der Waals surface area (Å²) in [5, 5.41) is 13.2. The van der Waals surface area contributed by atoms with Crippen molar-refractivity contribution >= 4 is 22.7 Å². The Kier molecular flexibility index (Phi) is 6.13. The summed E-state index contributed by atoms with van der Waals surface area (Å²) in [5.41, 5.74) is 0.653. The SMILES string of the molecule is CCCCCCCCNc1nc(C(=O)O)nc2ccccc12. The Hall–Kier alpha value is -2.17. The number of benzene rings is 1. The minimum atomic E-state index is -1.10. The highest BCUT2D eigenvalue weighted by Gasteiger charge is 2.12. The van der Waals surface area contributed by atoms with Crippen LogP contribution in [0.4, 0.5) is 5.82 Å². The molecule has 1 aromatic carbocycles. The Morgan fingerprint density at radius 1 is 1.09 bits per heavy atom. The lowest BCUT2D eigenvalue weighted by atomic mass is 10.1. The first-order valence-corrected chi connectivity index (χ1v) is 7.96. The van der Waals surface area contributed by atoms with Crippen LogP contribution >= 0.6 is 0 Å². The summed E-state index contributed by atoms with van der Waals surface area (Å²) in [4.78, 5) is 19.3. The number of carboxylic acids is 1. The number of aromatic nitrogens is 2. The molecule has 1 aromatic heterocycles. The van der Waals surface area contributed by atoms with Crippen molar-refractivity contribution in [1.29, 1.82) is 0 Å². The molecule has 0 amide bonds. The third-order valence-electron chi connectivity index (χ3n) is 3.62. The second-order valence-corrected chi connectivity index (χ2v) is 5.41. The summed E-state index contributed by atoms with van der Waals surface area (Å²) >= 11 is 0. The summed E-state index contributed by atoms with van der Waals surface area (Å²) < 4.78 is 0. The van der Waals surface area contributed by atoms with Crippen LogP contribution in [0.3, 0.4) is 0 Å². The first-order valence-electron chi connectivity index (χ1n) is 7.96. The van der Waals surface area contributed by atoms with Crippen LogP contribution in [0.2, 0.25) is 0 Å². The molecule has 0 fully saturated rings. The first-order chi connectivity index (χ1) is 10.7. The van der Waals surface area contributed by atoms with Gasteiger partial charge in [-0.1, -0.05) is 51.2 Å². The Bertz CT molecular complexity index is 628. The van der Waals surface area contributed by atoms with Gasteiger partial charge >= 0.3 is 5.97 Å². The lowest BCUT2D eigenvalue weighted by molar-refractivity contribution is 0.0684. The number of fused-ring (bicyclic) bond motifs is 1. The van der Waals surface area contributed by atoms with E-state index in [0.717, 1.165) is 18.4 Å². The highest BCUT2D eigenvalue weighted by Crippen LogP contribution is 2.20. The molecule has 0 saturated carbocycles. The fourth-order valence-corrected chi connectivity index (χ4v) is 2.42. The molecule has 2 N–H and O–H groups in total. The summed E-state index contributed by atoms with van der Waals surface area (Å²) in [6.07, 6.45) is 7.33.